The Balaban J connectivity index is 1.55. The topological polar surface area (TPSA) is 64.7 Å². The lowest BCUT2D eigenvalue weighted by atomic mass is 10.00. The molecule has 6 nitrogen and oxygen atoms in total. The normalized spacial score (nSPS) is 13.9. The van der Waals surface area contributed by atoms with E-state index < -0.39 is 5.82 Å². The lowest BCUT2D eigenvalue weighted by molar-refractivity contribution is -0.129. The molecule has 2 N–H and O–H groups in total. The van der Waals surface area contributed by atoms with Crippen molar-refractivity contribution in [3.8, 4) is 0 Å². The Morgan fingerprint density at radius 3 is 2.36 bits per heavy atom. The van der Waals surface area contributed by atoms with Gasteiger partial charge in [-0.15, -0.1) is 0 Å². The van der Waals surface area contributed by atoms with Crippen molar-refractivity contribution in [1.29, 1.82) is 0 Å². The molecule has 1 aliphatic heterocycles. The number of carbonyl (C=O) groups is 2. The fraction of sp³-hybridized carbons (Fsp3) is 0.241. The molecule has 1 heterocycles. The third kappa shape index (κ3) is 5.98. The number of benzene rings is 3. The van der Waals surface area contributed by atoms with Crippen LogP contribution in [0.5, 0.6) is 0 Å². The van der Waals surface area contributed by atoms with Crippen molar-refractivity contribution in [2.45, 2.75) is 12.8 Å². The molecule has 0 radical (unpaired) electrons. The molecule has 3 aromatic rings. The maximum atomic E-state index is 13.7. The van der Waals surface area contributed by atoms with E-state index in [0.717, 1.165) is 36.3 Å². The number of hydrogen-bond donors (Lipinski definition) is 2. The van der Waals surface area contributed by atoms with Gasteiger partial charge in [0.25, 0.3) is 5.91 Å². The SMILES string of the molecule is CN(C)CCCN(C)C(=O)Cc1ccc(N/C(=C2\C(=O)Nc3cc(F)ccc32)c2ccccc2)cc1. The van der Waals surface area contributed by atoms with Gasteiger partial charge in [-0.1, -0.05) is 42.5 Å². The van der Waals surface area contributed by atoms with Gasteiger partial charge in [-0.05, 0) is 68.5 Å². The summed E-state index contributed by atoms with van der Waals surface area (Å²) in [5, 5.41) is 6.15. The van der Waals surface area contributed by atoms with Crippen LogP contribution < -0.4 is 10.6 Å². The second-order valence-electron chi connectivity index (χ2n) is 9.23. The van der Waals surface area contributed by atoms with Gasteiger partial charge in [0, 0.05) is 24.8 Å². The summed E-state index contributed by atoms with van der Waals surface area (Å²) in [6, 6.07) is 21.5. The third-order valence-corrected chi connectivity index (χ3v) is 6.14. The highest BCUT2D eigenvalue weighted by molar-refractivity contribution is 6.37. The van der Waals surface area contributed by atoms with Crippen molar-refractivity contribution in [1.82, 2.24) is 9.80 Å². The maximum absolute atomic E-state index is 13.7. The number of halogens is 1. The van der Waals surface area contributed by atoms with Crippen LogP contribution in [0.15, 0.2) is 72.8 Å². The van der Waals surface area contributed by atoms with Crippen molar-refractivity contribution in [3.63, 3.8) is 0 Å². The molecule has 0 spiro atoms. The van der Waals surface area contributed by atoms with Gasteiger partial charge in [-0.25, -0.2) is 4.39 Å². The minimum absolute atomic E-state index is 0.0769. The monoisotopic (exact) mass is 486 g/mol. The second kappa shape index (κ2) is 11.2. The molecular formula is C29H31FN4O2. The second-order valence-corrected chi connectivity index (χ2v) is 9.23. The van der Waals surface area contributed by atoms with Gasteiger partial charge in [0.15, 0.2) is 0 Å². The van der Waals surface area contributed by atoms with E-state index in [1.165, 1.54) is 12.1 Å². The number of anilines is 2. The molecule has 2 amide bonds. The van der Waals surface area contributed by atoms with E-state index in [4.69, 9.17) is 0 Å². The average molecular weight is 487 g/mol. The van der Waals surface area contributed by atoms with Crippen LogP contribution in [0.2, 0.25) is 0 Å². The summed E-state index contributed by atoms with van der Waals surface area (Å²) in [5.41, 5.74) is 4.70. The first-order valence-electron chi connectivity index (χ1n) is 12.0. The van der Waals surface area contributed by atoms with Crippen molar-refractivity contribution >= 4 is 34.5 Å². The zero-order valence-electron chi connectivity index (χ0n) is 20.8. The van der Waals surface area contributed by atoms with E-state index in [1.807, 2.05) is 75.7 Å². The van der Waals surface area contributed by atoms with Crippen LogP contribution >= 0.6 is 0 Å². The lowest BCUT2D eigenvalue weighted by Gasteiger charge is -2.19. The number of nitrogens with zero attached hydrogens (tertiary/aromatic N) is 2. The van der Waals surface area contributed by atoms with Gasteiger partial charge < -0.3 is 20.4 Å². The highest BCUT2D eigenvalue weighted by atomic mass is 19.1. The molecule has 0 bridgehead atoms. The molecular weight excluding hydrogens is 455 g/mol. The first kappa shape index (κ1) is 25.1. The number of hydrogen-bond acceptors (Lipinski definition) is 4. The predicted octanol–water partition coefficient (Wildman–Crippen LogP) is 4.71. The molecule has 7 heteroatoms. The number of likely N-dealkylation sites (N-methyl/N-ethyl adjacent to an activating group) is 1. The first-order chi connectivity index (χ1) is 17.3. The molecule has 36 heavy (non-hydrogen) atoms. The van der Waals surface area contributed by atoms with Crippen molar-refractivity contribution in [3.05, 3.63) is 95.3 Å². The van der Waals surface area contributed by atoms with Crippen molar-refractivity contribution in [2.24, 2.45) is 0 Å². The molecule has 3 aromatic carbocycles. The molecule has 0 saturated heterocycles. The number of nitrogens with one attached hydrogen (secondary N) is 2. The van der Waals surface area contributed by atoms with E-state index in [9.17, 15) is 14.0 Å². The molecule has 1 aliphatic rings. The molecule has 186 valence electrons. The number of carbonyl (C=O) groups excluding carboxylic acids is 2. The standard InChI is InChI=1S/C29H31FN4O2/c1-33(2)16-7-17-34(3)26(35)18-20-10-13-23(14-11-20)31-28(21-8-5-4-6-9-21)27-24-15-12-22(30)19-25(24)32-29(27)36/h4-6,8-15,19,31H,7,16-18H2,1-3H3,(H,32,36)/b28-27-. The van der Waals surface area contributed by atoms with Crippen LogP contribution in [-0.2, 0) is 16.0 Å². The number of fused-ring (bicyclic) bond motifs is 1. The summed E-state index contributed by atoms with van der Waals surface area (Å²) in [4.78, 5) is 29.4. The smallest absolute Gasteiger partial charge is 0.258 e. The van der Waals surface area contributed by atoms with E-state index >= 15 is 0 Å². The van der Waals surface area contributed by atoms with Crippen LogP contribution in [0.25, 0.3) is 11.3 Å². The fourth-order valence-corrected chi connectivity index (χ4v) is 4.19. The van der Waals surface area contributed by atoms with Crippen LogP contribution in [0, 0.1) is 5.82 Å². The van der Waals surface area contributed by atoms with Gasteiger partial charge in [0.1, 0.15) is 5.82 Å². The van der Waals surface area contributed by atoms with Crippen LogP contribution in [0.3, 0.4) is 0 Å². The van der Waals surface area contributed by atoms with E-state index in [-0.39, 0.29) is 11.8 Å². The van der Waals surface area contributed by atoms with Crippen LogP contribution in [0.1, 0.15) is 23.1 Å². The van der Waals surface area contributed by atoms with Gasteiger partial charge in [-0.2, -0.15) is 0 Å². The summed E-state index contributed by atoms with van der Waals surface area (Å²) in [6.07, 6.45) is 1.26. The molecule has 0 aliphatic carbocycles. The van der Waals surface area contributed by atoms with Crippen LogP contribution in [0.4, 0.5) is 15.8 Å². The van der Waals surface area contributed by atoms with Gasteiger partial charge in [-0.3, -0.25) is 9.59 Å². The molecule has 4 rings (SSSR count). The van der Waals surface area contributed by atoms with E-state index in [1.54, 1.807) is 11.0 Å². The maximum Gasteiger partial charge on any atom is 0.258 e. The highest BCUT2D eigenvalue weighted by Gasteiger charge is 2.28. The number of amides is 2. The minimum atomic E-state index is -0.405. The fourth-order valence-electron chi connectivity index (χ4n) is 4.19. The molecule has 0 aromatic heterocycles. The Morgan fingerprint density at radius 1 is 0.944 bits per heavy atom. The largest absolute Gasteiger partial charge is 0.354 e. The quantitative estimate of drug-likeness (QED) is 0.430. The summed E-state index contributed by atoms with van der Waals surface area (Å²) in [7, 11) is 5.88. The predicted molar refractivity (Wildman–Crippen MR) is 143 cm³/mol. The molecule has 0 saturated carbocycles. The van der Waals surface area contributed by atoms with Crippen molar-refractivity contribution in [2.75, 3.05) is 44.9 Å². The van der Waals surface area contributed by atoms with Gasteiger partial charge in [0.2, 0.25) is 5.91 Å². The Labute approximate surface area is 211 Å². The summed E-state index contributed by atoms with van der Waals surface area (Å²) >= 11 is 0. The molecule has 0 fully saturated rings. The average Bonchev–Trinajstić information content (AvgIpc) is 3.18. The Morgan fingerprint density at radius 2 is 1.67 bits per heavy atom. The highest BCUT2D eigenvalue weighted by Crippen LogP contribution is 2.37. The third-order valence-electron chi connectivity index (χ3n) is 6.14. The minimum Gasteiger partial charge on any atom is -0.354 e. The van der Waals surface area contributed by atoms with E-state index in [2.05, 4.69) is 15.5 Å². The Bertz CT molecular complexity index is 1270. The zero-order valence-corrected chi connectivity index (χ0v) is 20.8. The molecule has 0 atom stereocenters. The summed E-state index contributed by atoms with van der Waals surface area (Å²) in [6.45, 7) is 1.66. The molecule has 0 unspecified atom stereocenters. The zero-order chi connectivity index (χ0) is 25.7. The first-order valence-corrected chi connectivity index (χ1v) is 12.0. The summed E-state index contributed by atoms with van der Waals surface area (Å²) in [5.74, 6) is -0.618. The Hall–Kier alpha value is -3.97. The van der Waals surface area contributed by atoms with Crippen molar-refractivity contribution < 1.29 is 14.0 Å². The van der Waals surface area contributed by atoms with Gasteiger partial charge >= 0.3 is 0 Å². The summed E-state index contributed by atoms with van der Waals surface area (Å²) < 4.78 is 13.7. The Kier molecular flexibility index (Phi) is 7.80. The van der Waals surface area contributed by atoms with Crippen LogP contribution in [-0.4, -0.2) is 55.8 Å². The number of rotatable bonds is 9. The van der Waals surface area contributed by atoms with E-state index in [0.29, 0.717) is 28.9 Å². The van der Waals surface area contributed by atoms with Gasteiger partial charge in [0.05, 0.1) is 23.4 Å². The lowest BCUT2D eigenvalue weighted by Crippen LogP contribution is -2.30.